The molecule has 27 heavy (non-hydrogen) atoms. The molecule has 4 rings (SSSR count). The number of aromatic amines is 3. The number of rotatable bonds is 3. The first-order chi connectivity index (χ1) is 13.0. The number of nitrogens with zero attached hydrogens (tertiary/aromatic N) is 2. The van der Waals surface area contributed by atoms with E-state index in [2.05, 4.69) is 34.0 Å². The van der Waals surface area contributed by atoms with E-state index in [1.54, 1.807) is 23.1 Å². The number of H-pyrrole nitrogens is 3. The van der Waals surface area contributed by atoms with Crippen molar-refractivity contribution in [2.75, 3.05) is 6.54 Å². The number of hydrogen-bond donors (Lipinski definition) is 3. The van der Waals surface area contributed by atoms with Crippen molar-refractivity contribution in [2.24, 2.45) is 0 Å². The molecule has 0 spiro atoms. The highest BCUT2D eigenvalue weighted by atomic mass is 16.2. The number of carbonyl (C=O) groups excluding carboxylic acids is 1. The summed E-state index contributed by atoms with van der Waals surface area (Å²) in [6.07, 6.45) is 1.73. The van der Waals surface area contributed by atoms with Crippen LogP contribution in [0.15, 0.2) is 27.8 Å². The fraction of sp³-hybridized carbons (Fsp3) is 0.368. The van der Waals surface area contributed by atoms with Gasteiger partial charge in [0.15, 0.2) is 0 Å². The highest BCUT2D eigenvalue weighted by molar-refractivity contribution is 5.97. The second-order valence-electron chi connectivity index (χ2n) is 7.02. The van der Waals surface area contributed by atoms with E-state index in [4.69, 9.17) is 0 Å². The molecule has 0 fully saturated rings. The predicted molar refractivity (Wildman–Crippen MR) is 101 cm³/mol. The third-order valence-corrected chi connectivity index (χ3v) is 5.30. The second-order valence-corrected chi connectivity index (χ2v) is 7.02. The maximum atomic E-state index is 13.0. The molecule has 3 N–H and O–H groups in total. The highest BCUT2D eigenvalue weighted by Crippen LogP contribution is 2.28. The third-order valence-electron chi connectivity index (χ3n) is 5.30. The quantitative estimate of drug-likeness (QED) is 0.611. The van der Waals surface area contributed by atoms with Crippen molar-refractivity contribution in [3.05, 3.63) is 61.4 Å². The van der Waals surface area contributed by atoms with Crippen molar-refractivity contribution in [3.8, 4) is 0 Å². The maximum Gasteiger partial charge on any atom is 0.314 e. The zero-order valence-electron chi connectivity index (χ0n) is 15.3. The van der Waals surface area contributed by atoms with Crippen LogP contribution in [0, 0.1) is 0 Å². The average Bonchev–Trinajstić information content (AvgIpc) is 3.10. The molecule has 0 radical (unpaired) electrons. The summed E-state index contributed by atoms with van der Waals surface area (Å²) in [4.78, 5) is 42.8. The van der Waals surface area contributed by atoms with Gasteiger partial charge in [-0.15, -0.1) is 0 Å². The van der Waals surface area contributed by atoms with Crippen LogP contribution in [0.3, 0.4) is 0 Å². The molecule has 3 aromatic rings. The van der Waals surface area contributed by atoms with Gasteiger partial charge >= 0.3 is 11.1 Å². The zero-order valence-corrected chi connectivity index (χ0v) is 15.3. The molecule has 0 aliphatic carbocycles. The van der Waals surface area contributed by atoms with E-state index >= 15 is 0 Å². The number of benzene rings is 1. The summed E-state index contributed by atoms with van der Waals surface area (Å²) in [5.74, 6) is 0.230. The lowest BCUT2D eigenvalue weighted by Crippen LogP contribution is -2.36. The standard InChI is InChI=1S/C19H21N5O3/c1-3-10(2)16-12-9-24(7-6-13(12)22-23-16)19(27)11-4-5-14-15(8-11)21-18(26)17(25)20-14/h4-5,8,10H,3,6-7,9H2,1-2H3,(H,20,25)(H,21,26)(H,22,23). The van der Waals surface area contributed by atoms with E-state index in [0.29, 0.717) is 35.6 Å². The number of hydrogen-bond acceptors (Lipinski definition) is 4. The Morgan fingerprint density at radius 3 is 2.70 bits per heavy atom. The van der Waals surface area contributed by atoms with Crippen LogP contribution in [0.2, 0.25) is 0 Å². The molecule has 1 atom stereocenters. The zero-order chi connectivity index (χ0) is 19.1. The van der Waals surface area contributed by atoms with Crippen LogP contribution in [0.5, 0.6) is 0 Å². The summed E-state index contributed by atoms with van der Waals surface area (Å²) in [5.41, 5.74) is 3.22. The monoisotopic (exact) mass is 367 g/mol. The largest absolute Gasteiger partial charge is 0.334 e. The van der Waals surface area contributed by atoms with Gasteiger partial charge in [0.2, 0.25) is 0 Å². The Balaban J connectivity index is 1.65. The van der Waals surface area contributed by atoms with Crippen LogP contribution in [-0.4, -0.2) is 37.5 Å². The minimum Gasteiger partial charge on any atom is -0.334 e. The molecule has 1 aliphatic heterocycles. The van der Waals surface area contributed by atoms with Crippen molar-refractivity contribution < 1.29 is 4.79 Å². The lowest BCUT2D eigenvalue weighted by Gasteiger charge is -2.28. The van der Waals surface area contributed by atoms with Crippen molar-refractivity contribution in [1.82, 2.24) is 25.1 Å². The molecule has 1 aromatic carbocycles. The fourth-order valence-electron chi connectivity index (χ4n) is 3.52. The first-order valence-electron chi connectivity index (χ1n) is 9.09. The molecule has 3 heterocycles. The summed E-state index contributed by atoms with van der Waals surface area (Å²) >= 11 is 0. The van der Waals surface area contributed by atoms with Gasteiger partial charge in [0.05, 0.1) is 16.7 Å². The van der Waals surface area contributed by atoms with Crippen LogP contribution in [-0.2, 0) is 13.0 Å². The average molecular weight is 367 g/mol. The van der Waals surface area contributed by atoms with Crippen molar-refractivity contribution in [2.45, 2.75) is 39.2 Å². The second kappa shape index (κ2) is 6.53. The fourth-order valence-corrected chi connectivity index (χ4v) is 3.52. The summed E-state index contributed by atoms with van der Waals surface area (Å²) in [6, 6.07) is 4.91. The van der Waals surface area contributed by atoms with Gasteiger partial charge in [-0.05, 0) is 24.6 Å². The Bertz CT molecular complexity index is 1140. The van der Waals surface area contributed by atoms with Gasteiger partial charge in [-0.1, -0.05) is 13.8 Å². The van der Waals surface area contributed by atoms with Gasteiger partial charge in [0, 0.05) is 42.2 Å². The number of nitrogens with one attached hydrogen (secondary N) is 3. The van der Waals surface area contributed by atoms with Gasteiger partial charge in [-0.3, -0.25) is 19.5 Å². The maximum absolute atomic E-state index is 13.0. The van der Waals surface area contributed by atoms with E-state index in [-0.39, 0.29) is 5.91 Å². The van der Waals surface area contributed by atoms with Crippen LogP contribution in [0.25, 0.3) is 11.0 Å². The minimum absolute atomic E-state index is 0.106. The smallest absolute Gasteiger partial charge is 0.314 e. The summed E-state index contributed by atoms with van der Waals surface area (Å²) in [5, 5.41) is 7.57. The predicted octanol–water partition coefficient (Wildman–Crippen LogP) is 1.65. The van der Waals surface area contributed by atoms with E-state index in [0.717, 1.165) is 29.8 Å². The van der Waals surface area contributed by atoms with Crippen molar-refractivity contribution >= 4 is 16.9 Å². The summed E-state index contributed by atoms with van der Waals surface area (Å²) < 4.78 is 0. The number of fused-ring (bicyclic) bond motifs is 2. The van der Waals surface area contributed by atoms with Crippen LogP contribution >= 0.6 is 0 Å². The topological polar surface area (TPSA) is 115 Å². The molecule has 0 saturated heterocycles. The van der Waals surface area contributed by atoms with Crippen molar-refractivity contribution in [3.63, 3.8) is 0 Å². The van der Waals surface area contributed by atoms with Gasteiger partial charge in [0.1, 0.15) is 0 Å². The summed E-state index contributed by atoms with van der Waals surface area (Å²) in [6.45, 7) is 5.38. The Kier molecular flexibility index (Phi) is 4.18. The van der Waals surface area contributed by atoms with Gasteiger partial charge in [0.25, 0.3) is 5.91 Å². The van der Waals surface area contributed by atoms with E-state index in [9.17, 15) is 14.4 Å². The lowest BCUT2D eigenvalue weighted by molar-refractivity contribution is 0.0734. The first kappa shape index (κ1) is 17.3. The van der Waals surface area contributed by atoms with E-state index in [1.807, 2.05) is 0 Å². The minimum atomic E-state index is -0.730. The first-order valence-corrected chi connectivity index (χ1v) is 9.09. The molecular formula is C19H21N5O3. The van der Waals surface area contributed by atoms with Crippen LogP contribution in [0.4, 0.5) is 0 Å². The van der Waals surface area contributed by atoms with Crippen LogP contribution < -0.4 is 11.1 Å². The Morgan fingerprint density at radius 2 is 1.96 bits per heavy atom. The number of amides is 1. The van der Waals surface area contributed by atoms with E-state index < -0.39 is 11.1 Å². The molecule has 1 amide bonds. The molecule has 8 nitrogen and oxygen atoms in total. The van der Waals surface area contributed by atoms with Gasteiger partial charge < -0.3 is 14.9 Å². The molecule has 2 aromatic heterocycles. The Labute approximate surface area is 154 Å². The number of carbonyl (C=O) groups is 1. The normalized spacial score (nSPS) is 15.0. The number of aromatic nitrogens is 4. The van der Waals surface area contributed by atoms with Crippen molar-refractivity contribution in [1.29, 1.82) is 0 Å². The molecule has 1 unspecified atom stereocenters. The lowest BCUT2D eigenvalue weighted by atomic mass is 9.96. The SMILES string of the molecule is CCC(C)c1n[nH]c2c1CN(C(=O)c1ccc3[nH]c(=O)c(=O)[nH]c3c1)CC2. The molecular weight excluding hydrogens is 346 g/mol. The Morgan fingerprint density at radius 1 is 1.22 bits per heavy atom. The summed E-state index contributed by atoms with van der Waals surface area (Å²) in [7, 11) is 0. The molecule has 140 valence electrons. The van der Waals surface area contributed by atoms with Gasteiger partial charge in [-0.2, -0.15) is 5.10 Å². The van der Waals surface area contributed by atoms with Gasteiger partial charge in [-0.25, -0.2) is 0 Å². The highest BCUT2D eigenvalue weighted by Gasteiger charge is 2.27. The molecule has 8 heteroatoms. The van der Waals surface area contributed by atoms with Crippen LogP contribution in [0.1, 0.15) is 53.5 Å². The van der Waals surface area contributed by atoms with E-state index in [1.165, 1.54) is 0 Å². The molecule has 0 saturated carbocycles. The molecule has 0 bridgehead atoms. The third kappa shape index (κ3) is 2.97. The Hall–Kier alpha value is -3.16. The molecule has 1 aliphatic rings.